The first-order chi connectivity index (χ1) is 17.5. The molecule has 6 heteroatoms. The van der Waals surface area contributed by atoms with Crippen LogP contribution < -0.4 is 5.73 Å². The van der Waals surface area contributed by atoms with Gasteiger partial charge in [0.25, 0.3) is 0 Å². The molecule has 4 rings (SSSR count). The first kappa shape index (κ1) is 29.5. The number of allylic oxidation sites excluding steroid dienone is 3. The largest absolute Gasteiger partial charge is 0.458 e. The molecule has 4 aliphatic carbocycles. The van der Waals surface area contributed by atoms with Gasteiger partial charge in [0.2, 0.25) is 0 Å². The van der Waals surface area contributed by atoms with E-state index < -0.39 is 23.9 Å². The second kappa shape index (κ2) is 9.85. The summed E-state index contributed by atoms with van der Waals surface area (Å²) in [6.45, 7) is 16.1. The van der Waals surface area contributed by atoms with Gasteiger partial charge in [-0.15, -0.1) is 0 Å². The Hall–Kier alpha value is -1.50. The molecule has 0 aromatic heterocycles. The molecule has 0 aliphatic heterocycles. The standard InChI is InChI=1S/C32H51NO5/c1-18(2)10-9-11-22(20(4)34)27-23-16-25(37)28-29(6,31(23,8)17-26(27)38-21(5)35)14-15-32(33)19(3)24(36)12-13-30(28,32)7/h10,19,23-26,28,36-37H,9,11-17,33H2,1-8H3/b27-22-/t19-,23+,24-,25-,26+,28-,29+,30-,31+,32-/m1/s1. The Labute approximate surface area is 229 Å². The number of aliphatic hydroxyl groups excluding tert-OH is 2. The third-order valence-electron chi connectivity index (χ3n) is 12.1. The molecule has 38 heavy (non-hydrogen) atoms. The Balaban J connectivity index is 1.85. The maximum absolute atomic E-state index is 13.1. The van der Waals surface area contributed by atoms with Crippen LogP contribution >= 0.6 is 0 Å². The van der Waals surface area contributed by atoms with Crippen molar-refractivity contribution in [2.75, 3.05) is 0 Å². The van der Waals surface area contributed by atoms with Crippen molar-refractivity contribution in [3.05, 3.63) is 22.8 Å². The number of nitrogens with two attached hydrogens (primary N) is 1. The minimum atomic E-state index is -0.592. The van der Waals surface area contributed by atoms with E-state index in [-0.39, 0.29) is 45.8 Å². The van der Waals surface area contributed by atoms with Crippen LogP contribution in [0.15, 0.2) is 22.8 Å². The summed E-state index contributed by atoms with van der Waals surface area (Å²) in [5.41, 5.74) is 8.72. The van der Waals surface area contributed by atoms with Crippen molar-refractivity contribution in [2.24, 2.45) is 39.7 Å². The second-order valence-corrected chi connectivity index (χ2v) is 14.1. The highest BCUT2D eigenvalue weighted by Gasteiger charge is 2.73. The number of Topliss-reactive ketones (excluding diaryl/α,β-unsaturated/α-hetero) is 1. The van der Waals surface area contributed by atoms with Crippen molar-refractivity contribution >= 4 is 11.8 Å². The molecule has 0 aromatic rings. The van der Waals surface area contributed by atoms with E-state index in [2.05, 4.69) is 47.6 Å². The number of carbonyl (C=O) groups excluding carboxylic acids is 2. The van der Waals surface area contributed by atoms with E-state index in [0.717, 1.165) is 36.8 Å². The summed E-state index contributed by atoms with van der Waals surface area (Å²) in [4.78, 5) is 25.4. The molecule has 6 nitrogen and oxygen atoms in total. The van der Waals surface area contributed by atoms with Crippen LogP contribution in [0.25, 0.3) is 0 Å². The maximum atomic E-state index is 13.1. The van der Waals surface area contributed by atoms with Gasteiger partial charge in [0.15, 0.2) is 5.78 Å². The van der Waals surface area contributed by atoms with Gasteiger partial charge in [-0.3, -0.25) is 9.59 Å². The number of ether oxygens (including phenoxy) is 1. The van der Waals surface area contributed by atoms with Gasteiger partial charge in [-0.2, -0.15) is 0 Å². The molecule has 4 saturated carbocycles. The van der Waals surface area contributed by atoms with Gasteiger partial charge in [-0.25, -0.2) is 0 Å². The summed E-state index contributed by atoms with van der Waals surface area (Å²) in [5.74, 6) is -0.452. The molecule has 0 unspecified atom stereocenters. The van der Waals surface area contributed by atoms with Crippen LogP contribution in [0.5, 0.6) is 0 Å². The number of hydrogen-bond donors (Lipinski definition) is 3. The molecule has 4 fully saturated rings. The molecule has 0 saturated heterocycles. The topological polar surface area (TPSA) is 110 Å². The highest BCUT2D eigenvalue weighted by molar-refractivity contribution is 5.94. The van der Waals surface area contributed by atoms with Crippen molar-refractivity contribution in [3.63, 3.8) is 0 Å². The van der Waals surface area contributed by atoms with Crippen molar-refractivity contribution in [2.45, 2.75) is 131 Å². The van der Waals surface area contributed by atoms with Crippen LogP contribution in [0.3, 0.4) is 0 Å². The summed E-state index contributed by atoms with van der Waals surface area (Å²) >= 11 is 0. The summed E-state index contributed by atoms with van der Waals surface area (Å²) in [6, 6.07) is 0. The number of hydrogen-bond acceptors (Lipinski definition) is 6. The van der Waals surface area contributed by atoms with Crippen LogP contribution in [0.4, 0.5) is 0 Å². The fraction of sp³-hybridized carbons (Fsp3) is 0.812. The first-order valence-electron chi connectivity index (χ1n) is 14.7. The lowest BCUT2D eigenvalue weighted by molar-refractivity contribution is -0.241. The molecule has 214 valence electrons. The zero-order chi connectivity index (χ0) is 28.4. The first-order valence-corrected chi connectivity index (χ1v) is 14.7. The monoisotopic (exact) mass is 529 g/mol. The lowest BCUT2D eigenvalue weighted by Gasteiger charge is -2.71. The summed E-state index contributed by atoms with van der Waals surface area (Å²) in [7, 11) is 0. The predicted molar refractivity (Wildman–Crippen MR) is 149 cm³/mol. The van der Waals surface area contributed by atoms with Gasteiger partial charge < -0.3 is 20.7 Å². The third-order valence-corrected chi connectivity index (χ3v) is 12.1. The Bertz CT molecular complexity index is 1040. The van der Waals surface area contributed by atoms with Gasteiger partial charge in [-0.1, -0.05) is 39.3 Å². The molecular weight excluding hydrogens is 478 g/mol. The van der Waals surface area contributed by atoms with E-state index in [9.17, 15) is 19.8 Å². The Morgan fingerprint density at radius 1 is 1.00 bits per heavy atom. The summed E-state index contributed by atoms with van der Waals surface area (Å²) in [5, 5.41) is 22.8. The van der Waals surface area contributed by atoms with Crippen LogP contribution in [0, 0.1) is 34.0 Å². The van der Waals surface area contributed by atoms with Gasteiger partial charge in [-0.05, 0) is 111 Å². The zero-order valence-corrected chi connectivity index (χ0v) is 24.9. The number of carbonyl (C=O) groups is 2. The van der Waals surface area contributed by atoms with Crippen LogP contribution in [-0.4, -0.2) is 45.8 Å². The van der Waals surface area contributed by atoms with Gasteiger partial charge >= 0.3 is 5.97 Å². The predicted octanol–water partition coefficient (Wildman–Crippen LogP) is 5.25. The SMILES string of the molecule is CC(=O)O[C@H]1C[C@@]2(C)[C@@H](C[C@@H](O)[C@@H]3[C@]2(C)CC[C@@]2(N)[C@H](C)[C@H](O)CC[C@]32C)/C1=C(\CCC=C(C)C)C(C)=O. The minimum absolute atomic E-state index is 0.0250. The van der Waals surface area contributed by atoms with E-state index in [1.807, 2.05) is 0 Å². The van der Waals surface area contributed by atoms with E-state index in [1.54, 1.807) is 6.92 Å². The fourth-order valence-electron chi connectivity index (χ4n) is 9.91. The quantitative estimate of drug-likeness (QED) is 0.255. The second-order valence-electron chi connectivity index (χ2n) is 14.1. The lowest BCUT2D eigenvalue weighted by atomic mass is 9.34. The van der Waals surface area contributed by atoms with E-state index in [0.29, 0.717) is 25.7 Å². The van der Waals surface area contributed by atoms with Crippen LogP contribution in [0.2, 0.25) is 0 Å². The summed E-state index contributed by atoms with van der Waals surface area (Å²) < 4.78 is 5.98. The molecule has 4 aliphatic rings. The number of fused-ring (bicyclic) bond motifs is 5. The van der Waals surface area contributed by atoms with Crippen LogP contribution in [-0.2, 0) is 14.3 Å². The molecular formula is C32H51NO5. The van der Waals surface area contributed by atoms with Crippen LogP contribution in [0.1, 0.15) is 107 Å². The molecule has 10 atom stereocenters. The highest BCUT2D eigenvalue weighted by Crippen LogP contribution is 2.74. The number of rotatable bonds is 5. The lowest BCUT2D eigenvalue weighted by Crippen LogP contribution is -2.75. The van der Waals surface area contributed by atoms with E-state index in [4.69, 9.17) is 10.5 Å². The molecule has 0 spiro atoms. The zero-order valence-electron chi connectivity index (χ0n) is 24.9. The fourth-order valence-corrected chi connectivity index (χ4v) is 9.91. The molecule has 0 bridgehead atoms. The van der Waals surface area contributed by atoms with Crippen molar-refractivity contribution < 1.29 is 24.5 Å². The van der Waals surface area contributed by atoms with E-state index in [1.165, 1.54) is 12.5 Å². The average Bonchev–Trinajstić information content (AvgIpc) is 3.08. The number of aliphatic hydroxyl groups is 2. The van der Waals surface area contributed by atoms with Crippen molar-refractivity contribution in [1.29, 1.82) is 0 Å². The third kappa shape index (κ3) is 4.16. The Morgan fingerprint density at radius 2 is 1.66 bits per heavy atom. The molecule has 0 heterocycles. The van der Waals surface area contributed by atoms with Gasteiger partial charge in [0.1, 0.15) is 6.10 Å². The minimum Gasteiger partial charge on any atom is -0.458 e. The molecule has 0 amide bonds. The average molecular weight is 530 g/mol. The maximum Gasteiger partial charge on any atom is 0.303 e. The Morgan fingerprint density at radius 3 is 2.24 bits per heavy atom. The molecule has 4 N–H and O–H groups in total. The van der Waals surface area contributed by atoms with Crippen molar-refractivity contribution in [1.82, 2.24) is 0 Å². The normalized spacial score (nSPS) is 47.3. The van der Waals surface area contributed by atoms with Gasteiger partial charge in [0, 0.05) is 18.4 Å². The molecule has 0 radical (unpaired) electrons. The smallest absolute Gasteiger partial charge is 0.303 e. The number of ketones is 1. The number of esters is 1. The Kier molecular flexibility index (Phi) is 7.64. The van der Waals surface area contributed by atoms with Crippen molar-refractivity contribution in [3.8, 4) is 0 Å². The van der Waals surface area contributed by atoms with Gasteiger partial charge in [0.05, 0.1) is 12.2 Å². The summed E-state index contributed by atoms with van der Waals surface area (Å²) in [6.07, 6.45) is 6.31. The molecule has 0 aromatic carbocycles. The van der Waals surface area contributed by atoms with E-state index >= 15 is 0 Å². The highest BCUT2D eigenvalue weighted by atomic mass is 16.5.